The van der Waals surface area contributed by atoms with Gasteiger partial charge in [-0.15, -0.1) is 0 Å². The number of ether oxygens (including phenoxy) is 1. The quantitative estimate of drug-likeness (QED) is 0.636. The van der Waals surface area contributed by atoms with Crippen LogP contribution in [0.3, 0.4) is 0 Å². The highest BCUT2D eigenvalue weighted by Gasteiger charge is 2.45. The van der Waals surface area contributed by atoms with Gasteiger partial charge in [0.1, 0.15) is 17.3 Å². The van der Waals surface area contributed by atoms with Crippen LogP contribution in [0.2, 0.25) is 0 Å². The van der Waals surface area contributed by atoms with E-state index >= 15 is 0 Å². The number of amidine groups is 1. The average molecular weight is 381 g/mol. The van der Waals surface area contributed by atoms with Gasteiger partial charge in [0.05, 0.1) is 5.56 Å². The highest BCUT2D eigenvalue weighted by atomic mass is 16.5. The third-order valence-corrected chi connectivity index (χ3v) is 6.29. The molecule has 3 aromatic rings. The maximum absolute atomic E-state index is 6.22. The van der Waals surface area contributed by atoms with Gasteiger partial charge in [-0.2, -0.15) is 0 Å². The summed E-state index contributed by atoms with van der Waals surface area (Å²) >= 11 is 0. The summed E-state index contributed by atoms with van der Waals surface area (Å²) < 4.78 is 6.22. The number of aliphatic imine (C=N–C) groups is 1. The number of hydrogen-bond donors (Lipinski definition) is 0. The Morgan fingerprint density at radius 3 is 2.38 bits per heavy atom. The van der Waals surface area contributed by atoms with Crippen molar-refractivity contribution in [2.75, 3.05) is 13.1 Å². The van der Waals surface area contributed by atoms with Crippen LogP contribution in [0.5, 0.6) is 11.5 Å². The molecule has 4 nitrogen and oxygen atoms in total. The summed E-state index contributed by atoms with van der Waals surface area (Å²) in [6, 6.07) is 28.2. The number of benzene rings is 3. The van der Waals surface area contributed by atoms with Gasteiger partial charge in [-0.1, -0.05) is 54.6 Å². The van der Waals surface area contributed by atoms with Crippen molar-refractivity contribution in [3.8, 4) is 11.5 Å². The Bertz CT molecular complexity index is 1080. The predicted molar refractivity (Wildman–Crippen MR) is 115 cm³/mol. The number of piperazine rings is 1. The Labute approximate surface area is 171 Å². The first kappa shape index (κ1) is 16.8. The van der Waals surface area contributed by atoms with Gasteiger partial charge >= 0.3 is 0 Å². The summed E-state index contributed by atoms with van der Waals surface area (Å²) in [6.07, 6.45) is 1.20. The van der Waals surface area contributed by atoms with E-state index in [4.69, 9.17) is 9.73 Å². The fourth-order valence-electron chi connectivity index (χ4n) is 4.91. The van der Waals surface area contributed by atoms with Crippen molar-refractivity contribution < 1.29 is 4.74 Å². The van der Waals surface area contributed by atoms with Crippen LogP contribution in [0.1, 0.15) is 17.5 Å². The van der Waals surface area contributed by atoms with Gasteiger partial charge in [0.2, 0.25) is 0 Å². The van der Waals surface area contributed by atoms with Crippen molar-refractivity contribution in [2.45, 2.75) is 25.0 Å². The first-order valence-corrected chi connectivity index (χ1v) is 10.3. The largest absolute Gasteiger partial charge is 0.454 e. The molecule has 2 unspecified atom stereocenters. The van der Waals surface area contributed by atoms with Crippen LogP contribution in [0.4, 0.5) is 5.69 Å². The van der Waals surface area contributed by atoms with Crippen molar-refractivity contribution >= 4 is 11.5 Å². The third-order valence-electron chi connectivity index (χ3n) is 6.29. The molecular formula is C25H23N3O. The zero-order valence-corrected chi connectivity index (χ0v) is 16.2. The van der Waals surface area contributed by atoms with Crippen LogP contribution >= 0.6 is 0 Å². The van der Waals surface area contributed by atoms with Gasteiger partial charge in [-0.05, 0) is 36.2 Å². The maximum Gasteiger partial charge on any atom is 0.153 e. The Morgan fingerprint density at radius 1 is 0.793 bits per heavy atom. The first-order chi connectivity index (χ1) is 14.3. The summed E-state index contributed by atoms with van der Waals surface area (Å²) in [5.41, 5.74) is 3.39. The van der Waals surface area contributed by atoms with Crippen molar-refractivity contribution in [1.29, 1.82) is 0 Å². The van der Waals surface area contributed by atoms with Crippen molar-refractivity contribution in [2.24, 2.45) is 4.99 Å². The summed E-state index contributed by atoms with van der Waals surface area (Å²) in [7, 11) is 0. The van der Waals surface area contributed by atoms with Gasteiger partial charge in [0.15, 0.2) is 5.75 Å². The van der Waals surface area contributed by atoms with E-state index in [0.29, 0.717) is 12.1 Å². The maximum atomic E-state index is 6.22. The highest BCUT2D eigenvalue weighted by Crippen LogP contribution is 2.40. The molecule has 0 spiro atoms. The molecule has 2 saturated heterocycles. The van der Waals surface area contributed by atoms with Crippen LogP contribution in [-0.2, 0) is 6.54 Å². The van der Waals surface area contributed by atoms with Crippen molar-refractivity contribution in [3.63, 3.8) is 0 Å². The first-order valence-electron chi connectivity index (χ1n) is 10.3. The van der Waals surface area contributed by atoms with E-state index in [0.717, 1.165) is 48.2 Å². The standard InChI is InChI=1S/C25H23N3O/c1-2-8-18(9-3-1)15-27-16-20-14-19(27)17-28(20)25-21-10-4-6-12-23(21)29-24-13-7-5-11-22(24)26-25/h1-13,19-20H,14-17H2. The van der Waals surface area contributed by atoms with E-state index in [1.54, 1.807) is 0 Å². The van der Waals surface area contributed by atoms with Gasteiger partial charge in [0.25, 0.3) is 0 Å². The van der Waals surface area contributed by atoms with E-state index in [-0.39, 0.29) is 0 Å². The molecule has 2 bridgehead atoms. The lowest BCUT2D eigenvalue weighted by Crippen LogP contribution is -2.48. The highest BCUT2D eigenvalue weighted by molar-refractivity contribution is 6.04. The molecule has 4 heteroatoms. The van der Waals surface area contributed by atoms with Crippen LogP contribution in [0.25, 0.3) is 0 Å². The molecule has 0 N–H and O–H groups in total. The van der Waals surface area contributed by atoms with E-state index in [9.17, 15) is 0 Å². The van der Waals surface area contributed by atoms with E-state index in [2.05, 4.69) is 52.3 Å². The number of likely N-dealkylation sites (tertiary alicyclic amines) is 2. The van der Waals surface area contributed by atoms with Gasteiger partial charge in [-0.25, -0.2) is 4.99 Å². The average Bonchev–Trinajstić information content (AvgIpc) is 3.30. The molecule has 0 amide bonds. The summed E-state index contributed by atoms with van der Waals surface area (Å²) in [5.74, 6) is 2.77. The van der Waals surface area contributed by atoms with Crippen molar-refractivity contribution in [1.82, 2.24) is 9.80 Å². The normalized spacial score (nSPS) is 22.5. The molecule has 3 aliphatic rings. The van der Waals surface area contributed by atoms with Crippen LogP contribution in [0.15, 0.2) is 83.9 Å². The molecule has 2 fully saturated rings. The minimum absolute atomic E-state index is 0.501. The van der Waals surface area contributed by atoms with Crippen LogP contribution in [0, 0.1) is 0 Å². The number of para-hydroxylation sites is 3. The number of hydrogen-bond acceptors (Lipinski definition) is 4. The Kier molecular flexibility index (Phi) is 3.91. The summed E-state index contributed by atoms with van der Waals surface area (Å²) in [5, 5.41) is 0. The molecule has 3 aliphatic heterocycles. The van der Waals surface area contributed by atoms with E-state index in [1.165, 1.54) is 12.0 Å². The monoisotopic (exact) mass is 381 g/mol. The molecule has 0 aliphatic carbocycles. The molecule has 0 saturated carbocycles. The van der Waals surface area contributed by atoms with Crippen molar-refractivity contribution in [3.05, 3.63) is 90.0 Å². The Morgan fingerprint density at radius 2 is 1.55 bits per heavy atom. The van der Waals surface area contributed by atoms with Gasteiger partial charge < -0.3 is 9.64 Å². The summed E-state index contributed by atoms with van der Waals surface area (Å²) in [4.78, 5) is 10.2. The molecule has 2 atom stereocenters. The lowest BCUT2D eigenvalue weighted by atomic mass is 10.1. The molecule has 0 radical (unpaired) electrons. The molecule has 144 valence electrons. The zero-order valence-electron chi connectivity index (χ0n) is 16.2. The third kappa shape index (κ3) is 2.91. The second-order valence-electron chi connectivity index (χ2n) is 8.11. The topological polar surface area (TPSA) is 28.1 Å². The van der Waals surface area contributed by atoms with Crippen LogP contribution in [-0.4, -0.2) is 40.8 Å². The lowest BCUT2D eigenvalue weighted by molar-refractivity contribution is 0.169. The molecule has 0 aromatic heterocycles. The Balaban J connectivity index is 1.31. The lowest BCUT2D eigenvalue weighted by Gasteiger charge is -2.36. The predicted octanol–water partition coefficient (Wildman–Crippen LogP) is 4.83. The minimum Gasteiger partial charge on any atom is -0.454 e. The fraction of sp³-hybridized carbons (Fsp3) is 0.240. The zero-order chi connectivity index (χ0) is 19.2. The fourth-order valence-corrected chi connectivity index (χ4v) is 4.91. The second kappa shape index (κ2) is 6.75. The number of nitrogens with zero attached hydrogens (tertiary/aromatic N) is 3. The number of rotatable bonds is 2. The smallest absolute Gasteiger partial charge is 0.153 e. The Hall–Kier alpha value is -3.11. The summed E-state index contributed by atoms with van der Waals surface area (Å²) in [6.45, 7) is 3.14. The molecule has 3 heterocycles. The molecule has 6 rings (SSSR count). The van der Waals surface area contributed by atoms with Crippen LogP contribution < -0.4 is 4.74 Å². The molecular weight excluding hydrogens is 358 g/mol. The second-order valence-corrected chi connectivity index (χ2v) is 8.11. The van der Waals surface area contributed by atoms with E-state index < -0.39 is 0 Å². The van der Waals surface area contributed by atoms with Gasteiger partial charge in [0, 0.05) is 31.7 Å². The molecule has 29 heavy (non-hydrogen) atoms. The minimum atomic E-state index is 0.501. The SMILES string of the molecule is c1ccc(CN2CC3CC2CN3C2=Nc3ccccc3Oc3ccccc32)cc1. The molecule has 3 aromatic carbocycles. The van der Waals surface area contributed by atoms with Gasteiger partial charge in [-0.3, -0.25) is 4.90 Å². The number of fused-ring (bicyclic) bond motifs is 4. The van der Waals surface area contributed by atoms with E-state index in [1.807, 2.05) is 36.4 Å².